The van der Waals surface area contributed by atoms with E-state index in [9.17, 15) is 4.79 Å². The van der Waals surface area contributed by atoms with Gasteiger partial charge in [-0.3, -0.25) is 10.1 Å². The van der Waals surface area contributed by atoms with Gasteiger partial charge in [-0.25, -0.2) is 9.97 Å². The van der Waals surface area contributed by atoms with E-state index in [1.54, 1.807) is 19.4 Å². The molecule has 2 aliphatic heterocycles. The highest BCUT2D eigenvalue weighted by Crippen LogP contribution is 2.36. The van der Waals surface area contributed by atoms with Crippen molar-refractivity contribution >= 4 is 28.6 Å². The smallest absolute Gasteiger partial charge is 0.276 e. The summed E-state index contributed by atoms with van der Waals surface area (Å²) in [6, 6.07) is 7.66. The SMILES string of the molecule is COc1ccc(C2CCOCC2)c2nc(NC(=O)c3ccc(N4CCOCC4)cn3)[nH]c12. The van der Waals surface area contributed by atoms with Gasteiger partial charge in [0.05, 0.1) is 37.7 Å². The highest BCUT2D eigenvalue weighted by Gasteiger charge is 2.22. The third-order valence-corrected chi connectivity index (χ3v) is 6.11. The molecule has 0 atom stereocenters. The van der Waals surface area contributed by atoms with Crippen molar-refractivity contribution in [2.45, 2.75) is 18.8 Å². The van der Waals surface area contributed by atoms with Gasteiger partial charge in [0.25, 0.3) is 5.91 Å². The van der Waals surface area contributed by atoms with Crippen LogP contribution in [0, 0.1) is 0 Å². The molecule has 0 aliphatic carbocycles. The third-order valence-electron chi connectivity index (χ3n) is 6.11. The maximum atomic E-state index is 12.8. The monoisotopic (exact) mass is 437 g/mol. The minimum Gasteiger partial charge on any atom is -0.494 e. The number of aromatic nitrogens is 3. The Bertz CT molecular complexity index is 1090. The van der Waals surface area contributed by atoms with E-state index in [-0.39, 0.29) is 5.91 Å². The van der Waals surface area contributed by atoms with E-state index in [0.29, 0.717) is 36.5 Å². The van der Waals surface area contributed by atoms with E-state index >= 15 is 0 Å². The van der Waals surface area contributed by atoms with Crippen LogP contribution in [0.25, 0.3) is 11.0 Å². The normalized spacial score (nSPS) is 17.5. The zero-order valence-electron chi connectivity index (χ0n) is 18.1. The van der Waals surface area contributed by atoms with Gasteiger partial charge in [-0.15, -0.1) is 0 Å². The number of carbonyl (C=O) groups excluding carboxylic acids is 1. The van der Waals surface area contributed by atoms with Gasteiger partial charge in [0.1, 0.15) is 17.0 Å². The molecule has 2 aromatic heterocycles. The van der Waals surface area contributed by atoms with Crippen LogP contribution >= 0.6 is 0 Å². The Morgan fingerprint density at radius 2 is 1.91 bits per heavy atom. The first-order valence-electron chi connectivity index (χ1n) is 11.0. The number of nitrogens with zero attached hydrogens (tertiary/aromatic N) is 3. The molecule has 9 nitrogen and oxygen atoms in total. The Kier molecular flexibility index (Phi) is 5.91. The van der Waals surface area contributed by atoms with Crippen LogP contribution < -0.4 is 15.0 Å². The molecule has 0 spiro atoms. The van der Waals surface area contributed by atoms with Gasteiger partial charge >= 0.3 is 0 Å². The predicted octanol–water partition coefficient (Wildman–Crippen LogP) is 2.95. The number of anilines is 2. The molecule has 4 heterocycles. The summed E-state index contributed by atoms with van der Waals surface area (Å²) in [5, 5.41) is 2.85. The molecule has 0 saturated carbocycles. The fourth-order valence-electron chi connectivity index (χ4n) is 4.36. The van der Waals surface area contributed by atoms with Gasteiger partial charge in [0, 0.05) is 26.3 Å². The summed E-state index contributed by atoms with van der Waals surface area (Å²) in [5.74, 6) is 1.13. The second-order valence-corrected chi connectivity index (χ2v) is 8.01. The van der Waals surface area contributed by atoms with Crippen LogP contribution in [-0.4, -0.2) is 67.5 Å². The molecule has 2 aliphatic rings. The maximum Gasteiger partial charge on any atom is 0.276 e. The zero-order chi connectivity index (χ0) is 21.9. The molecule has 0 bridgehead atoms. The number of nitrogens with one attached hydrogen (secondary N) is 2. The Hall–Kier alpha value is -3.17. The summed E-state index contributed by atoms with van der Waals surface area (Å²) < 4.78 is 16.4. The predicted molar refractivity (Wildman–Crippen MR) is 121 cm³/mol. The summed E-state index contributed by atoms with van der Waals surface area (Å²) in [6.45, 7) is 4.55. The highest BCUT2D eigenvalue weighted by molar-refractivity contribution is 6.03. The number of hydrogen-bond acceptors (Lipinski definition) is 7. The van der Waals surface area contributed by atoms with Gasteiger partial charge < -0.3 is 24.1 Å². The Morgan fingerprint density at radius 1 is 1.12 bits per heavy atom. The topological polar surface area (TPSA) is 102 Å². The summed E-state index contributed by atoms with van der Waals surface area (Å²) in [6.07, 6.45) is 3.63. The molecule has 2 fully saturated rings. The van der Waals surface area contributed by atoms with Gasteiger partial charge in [0.2, 0.25) is 5.95 Å². The number of fused-ring (bicyclic) bond motifs is 1. The summed E-state index contributed by atoms with van der Waals surface area (Å²) in [5.41, 5.74) is 4.07. The number of methoxy groups -OCH3 is 1. The average molecular weight is 438 g/mol. The fourth-order valence-corrected chi connectivity index (χ4v) is 4.36. The van der Waals surface area contributed by atoms with Crippen molar-refractivity contribution in [3.63, 3.8) is 0 Å². The first-order valence-corrected chi connectivity index (χ1v) is 11.0. The number of carbonyl (C=O) groups is 1. The van der Waals surface area contributed by atoms with Crippen molar-refractivity contribution in [1.82, 2.24) is 15.0 Å². The van der Waals surface area contributed by atoms with Crippen LogP contribution in [0.4, 0.5) is 11.6 Å². The number of benzene rings is 1. The molecule has 5 rings (SSSR count). The number of hydrogen-bond donors (Lipinski definition) is 2. The van der Waals surface area contributed by atoms with Gasteiger partial charge in [-0.1, -0.05) is 6.07 Å². The maximum absolute atomic E-state index is 12.8. The first kappa shape index (κ1) is 20.7. The van der Waals surface area contributed by atoms with E-state index in [1.807, 2.05) is 12.1 Å². The molecule has 1 aromatic carbocycles. The lowest BCUT2D eigenvalue weighted by Crippen LogP contribution is -2.36. The van der Waals surface area contributed by atoms with E-state index in [4.69, 9.17) is 19.2 Å². The molecule has 2 saturated heterocycles. The second kappa shape index (κ2) is 9.13. The minimum absolute atomic E-state index is 0.316. The van der Waals surface area contributed by atoms with Crippen LogP contribution in [-0.2, 0) is 9.47 Å². The lowest BCUT2D eigenvalue weighted by atomic mass is 9.90. The molecule has 168 valence electrons. The first-order chi connectivity index (χ1) is 15.7. The largest absolute Gasteiger partial charge is 0.494 e. The van der Waals surface area contributed by atoms with E-state index < -0.39 is 0 Å². The third kappa shape index (κ3) is 4.13. The van der Waals surface area contributed by atoms with Crippen LogP contribution in [0.3, 0.4) is 0 Å². The fraction of sp³-hybridized carbons (Fsp3) is 0.435. The van der Waals surface area contributed by atoms with Crippen molar-refractivity contribution < 1.29 is 19.0 Å². The molecule has 1 amide bonds. The van der Waals surface area contributed by atoms with E-state index in [0.717, 1.165) is 61.4 Å². The van der Waals surface area contributed by atoms with Crippen molar-refractivity contribution in [3.05, 3.63) is 41.7 Å². The summed E-state index contributed by atoms with van der Waals surface area (Å²) >= 11 is 0. The molecular weight excluding hydrogens is 410 g/mol. The number of amides is 1. The van der Waals surface area contributed by atoms with Crippen LogP contribution in [0.5, 0.6) is 5.75 Å². The number of rotatable bonds is 5. The number of ether oxygens (including phenoxy) is 3. The lowest BCUT2D eigenvalue weighted by molar-refractivity contribution is 0.0856. The average Bonchev–Trinajstić information content (AvgIpc) is 3.28. The molecular formula is C23H27N5O4. The molecule has 2 N–H and O–H groups in total. The van der Waals surface area contributed by atoms with Crippen LogP contribution in [0.15, 0.2) is 30.5 Å². The van der Waals surface area contributed by atoms with Crippen molar-refractivity contribution in [2.75, 3.05) is 56.8 Å². The summed E-state index contributed by atoms with van der Waals surface area (Å²) in [4.78, 5) is 27.3. The van der Waals surface area contributed by atoms with Crippen molar-refractivity contribution in [3.8, 4) is 5.75 Å². The Morgan fingerprint density at radius 3 is 2.62 bits per heavy atom. The Balaban J connectivity index is 1.37. The van der Waals surface area contributed by atoms with E-state index in [1.165, 1.54) is 0 Å². The molecule has 32 heavy (non-hydrogen) atoms. The van der Waals surface area contributed by atoms with Gasteiger partial charge in [-0.05, 0) is 42.5 Å². The minimum atomic E-state index is -0.316. The number of imidazole rings is 1. The van der Waals surface area contributed by atoms with Gasteiger partial charge in [-0.2, -0.15) is 0 Å². The van der Waals surface area contributed by atoms with Crippen molar-refractivity contribution in [1.29, 1.82) is 0 Å². The van der Waals surface area contributed by atoms with Gasteiger partial charge in [0.15, 0.2) is 0 Å². The summed E-state index contributed by atoms with van der Waals surface area (Å²) in [7, 11) is 1.63. The zero-order valence-corrected chi connectivity index (χ0v) is 18.1. The van der Waals surface area contributed by atoms with Crippen LogP contribution in [0.2, 0.25) is 0 Å². The lowest BCUT2D eigenvalue weighted by Gasteiger charge is -2.28. The number of morpholine rings is 1. The second-order valence-electron chi connectivity index (χ2n) is 8.01. The Labute approximate surface area is 186 Å². The van der Waals surface area contributed by atoms with Crippen molar-refractivity contribution in [2.24, 2.45) is 0 Å². The molecule has 0 unspecified atom stereocenters. The number of pyridine rings is 1. The number of aromatic amines is 1. The van der Waals surface area contributed by atoms with E-state index in [2.05, 4.69) is 26.3 Å². The quantitative estimate of drug-likeness (QED) is 0.633. The molecule has 0 radical (unpaired) electrons. The molecule has 9 heteroatoms. The van der Waals surface area contributed by atoms with Crippen LogP contribution in [0.1, 0.15) is 34.8 Å². The standard InChI is InChI=1S/C23H27N5O4/c1-30-19-5-3-17(15-6-10-31-11-7-15)20-21(19)26-23(25-20)27-22(29)18-4-2-16(14-24-18)28-8-12-32-13-9-28/h2-5,14-15H,6-13H2,1H3,(H2,25,26,27,29). The molecule has 3 aromatic rings. The highest BCUT2D eigenvalue weighted by atomic mass is 16.5. The number of H-pyrrole nitrogens is 1.